The van der Waals surface area contributed by atoms with Crippen molar-refractivity contribution in [3.63, 3.8) is 0 Å². The molecule has 0 saturated heterocycles. The number of para-hydroxylation sites is 1. The van der Waals surface area contributed by atoms with Crippen LogP contribution in [0.4, 0.5) is 11.4 Å². The average molecular weight is 422 g/mol. The van der Waals surface area contributed by atoms with Crippen molar-refractivity contribution in [1.29, 1.82) is 5.26 Å². The van der Waals surface area contributed by atoms with Crippen LogP contribution in [0.2, 0.25) is 5.02 Å². The number of nitriles is 1. The highest BCUT2D eigenvalue weighted by Crippen LogP contribution is 2.44. The summed E-state index contributed by atoms with van der Waals surface area (Å²) in [5, 5.41) is 13.0. The van der Waals surface area contributed by atoms with Gasteiger partial charge in [-0.05, 0) is 73.6 Å². The summed E-state index contributed by atoms with van der Waals surface area (Å²) in [6, 6.07) is 13.6. The monoisotopic (exact) mass is 421 g/mol. The van der Waals surface area contributed by atoms with Crippen molar-refractivity contribution in [1.82, 2.24) is 0 Å². The number of amides is 1. The normalized spacial score (nSPS) is 17.8. The van der Waals surface area contributed by atoms with Gasteiger partial charge in [0.05, 0.1) is 0 Å². The predicted molar refractivity (Wildman–Crippen MR) is 125 cm³/mol. The number of hydrogen-bond donors (Lipinski definition) is 1. The fraction of sp³-hybridized carbons (Fsp3) is 0.360. The molecule has 0 spiro atoms. The van der Waals surface area contributed by atoms with E-state index in [9.17, 15) is 10.1 Å². The Balaban J connectivity index is 1.96. The molecule has 156 valence electrons. The molecule has 1 heterocycles. The van der Waals surface area contributed by atoms with Gasteiger partial charge in [-0.2, -0.15) is 5.26 Å². The molecule has 0 unspecified atom stereocenters. The molecule has 30 heavy (non-hydrogen) atoms. The third kappa shape index (κ3) is 4.22. The highest BCUT2D eigenvalue weighted by molar-refractivity contribution is 6.32. The van der Waals surface area contributed by atoms with E-state index in [1.54, 1.807) is 6.08 Å². The van der Waals surface area contributed by atoms with Gasteiger partial charge in [-0.25, -0.2) is 0 Å². The van der Waals surface area contributed by atoms with E-state index >= 15 is 0 Å². The Bertz CT molecular complexity index is 1050. The standard InChI is InChI=1S/C25H28ClN3O/c1-6-17-9-7-8-10-22(17)28-24(30)19(15-27)11-18-12-20-16(2)14-25(3,4)29(5)23(20)13-21(18)26/h7-13,16H,6,14H2,1-5H3,(H,28,30)/b19-11-/t16-/m1/s1. The van der Waals surface area contributed by atoms with E-state index in [0.717, 1.165) is 29.8 Å². The topological polar surface area (TPSA) is 56.1 Å². The number of nitrogens with zero attached hydrogens (tertiary/aromatic N) is 2. The maximum Gasteiger partial charge on any atom is 0.266 e. The van der Waals surface area contributed by atoms with E-state index < -0.39 is 5.91 Å². The van der Waals surface area contributed by atoms with Crippen molar-refractivity contribution in [2.75, 3.05) is 17.3 Å². The predicted octanol–water partition coefficient (Wildman–Crippen LogP) is 6.17. The molecule has 0 aliphatic carbocycles. The van der Waals surface area contributed by atoms with Gasteiger partial charge in [0.15, 0.2) is 0 Å². The first kappa shape index (κ1) is 21.9. The van der Waals surface area contributed by atoms with Crippen LogP contribution in [-0.2, 0) is 11.2 Å². The number of carbonyl (C=O) groups excluding carboxylic acids is 1. The number of hydrogen-bond acceptors (Lipinski definition) is 3. The average Bonchev–Trinajstić information content (AvgIpc) is 2.71. The van der Waals surface area contributed by atoms with Crippen molar-refractivity contribution in [2.24, 2.45) is 0 Å². The Morgan fingerprint density at radius 1 is 1.37 bits per heavy atom. The fourth-order valence-electron chi connectivity index (χ4n) is 4.16. The third-order valence-electron chi connectivity index (χ3n) is 6.06. The van der Waals surface area contributed by atoms with Crippen LogP contribution in [0, 0.1) is 11.3 Å². The van der Waals surface area contributed by atoms with Gasteiger partial charge in [-0.3, -0.25) is 4.79 Å². The molecule has 4 nitrogen and oxygen atoms in total. The molecule has 0 saturated carbocycles. The van der Waals surface area contributed by atoms with Gasteiger partial charge in [0.25, 0.3) is 5.91 Å². The van der Waals surface area contributed by atoms with Gasteiger partial charge in [0.2, 0.25) is 0 Å². The highest BCUT2D eigenvalue weighted by Gasteiger charge is 2.34. The Morgan fingerprint density at radius 3 is 2.73 bits per heavy atom. The van der Waals surface area contributed by atoms with E-state index in [1.165, 1.54) is 5.56 Å². The van der Waals surface area contributed by atoms with Gasteiger partial charge >= 0.3 is 0 Å². The minimum absolute atomic E-state index is 0.0277. The smallest absolute Gasteiger partial charge is 0.266 e. The summed E-state index contributed by atoms with van der Waals surface area (Å²) < 4.78 is 0. The molecular formula is C25H28ClN3O. The van der Waals surface area contributed by atoms with Crippen molar-refractivity contribution in [3.05, 3.63) is 63.7 Å². The maximum absolute atomic E-state index is 12.8. The van der Waals surface area contributed by atoms with Crippen LogP contribution in [0.3, 0.4) is 0 Å². The minimum Gasteiger partial charge on any atom is -0.369 e. The van der Waals surface area contributed by atoms with Crippen molar-refractivity contribution < 1.29 is 4.79 Å². The SMILES string of the molecule is CCc1ccccc1NC(=O)/C(C#N)=C\c1cc2c(cc1Cl)N(C)C(C)(C)C[C@H]2C. The second kappa shape index (κ2) is 8.53. The van der Waals surface area contributed by atoms with Gasteiger partial charge in [-0.15, -0.1) is 0 Å². The second-order valence-corrected chi connectivity index (χ2v) is 8.95. The fourth-order valence-corrected chi connectivity index (χ4v) is 4.37. The van der Waals surface area contributed by atoms with Gasteiger partial charge in [0, 0.05) is 29.0 Å². The molecule has 0 fully saturated rings. The molecule has 5 heteroatoms. The van der Waals surface area contributed by atoms with E-state index in [0.29, 0.717) is 16.5 Å². The van der Waals surface area contributed by atoms with E-state index in [2.05, 4.69) is 38.0 Å². The molecule has 2 aromatic carbocycles. The highest BCUT2D eigenvalue weighted by atomic mass is 35.5. The Morgan fingerprint density at radius 2 is 2.07 bits per heavy atom. The Kier molecular flexibility index (Phi) is 6.24. The van der Waals surface area contributed by atoms with Crippen LogP contribution in [0.15, 0.2) is 42.0 Å². The number of nitrogens with one attached hydrogen (secondary N) is 1. The second-order valence-electron chi connectivity index (χ2n) is 8.54. The summed E-state index contributed by atoms with van der Waals surface area (Å²) in [6.45, 7) is 8.67. The molecule has 1 N–H and O–H groups in total. The summed E-state index contributed by atoms with van der Waals surface area (Å²) in [5.41, 5.74) is 4.78. The Hall–Kier alpha value is -2.77. The van der Waals surface area contributed by atoms with Gasteiger partial charge < -0.3 is 10.2 Å². The van der Waals surface area contributed by atoms with E-state index in [1.807, 2.05) is 49.4 Å². The summed E-state index contributed by atoms with van der Waals surface area (Å²) in [7, 11) is 2.08. The summed E-state index contributed by atoms with van der Waals surface area (Å²) >= 11 is 6.57. The van der Waals surface area contributed by atoms with Crippen LogP contribution >= 0.6 is 11.6 Å². The maximum atomic E-state index is 12.8. The lowest BCUT2D eigenvalue weighted by atomic mass is 9.80. The molecule has 1 aliphatic rings. The number of anilines is 2. The number of fused-ring (bicyclic) bond motifs is 1. The lowest BCUT2D eigenvalue weighted by Crippen LogP contribution is -2.45. The summed E-state index contributed by atoms with van der Waals surface area (Å²) in [5.74, 6) is -0.0788. The van der Waals surface area contributed by atoms with E-state index in [-0.39, 0.29) is 11.1 Å². The first-order valence-corrected chi connectivity index (χ1v) is 10.6. The molecule has 0 radical (unpaired) electrons. The largest absolute Gasteiger partial charge is 0.369 e. The molecule has 1 atom stereocenters. The van der Waals surface area contributed by atoms with E-state index in [4.69, 9.17) is 11.6 Å². The van der Waals surface area contributed by atoms with Crippen LogP contribution < -0.4 is 10.2 Å². The van der Waals surface area contributed by atoms with Crippen LogP contribution in [0.25, 0.3) is 6.08 Å². The first-order chi connectivity index (χ1) is 14.2. The number of benzene rings is 2. The number of carbonyl (C=O) groups is 1. The Labute approximate surface area is 184 Å². The number of halogens is 1. The van der Waals surface area contributed by atoms with Crippen LogP contribution in [-0.4, -0.2) is 18.5 Å². The quantitative estimate of drug-likeness (QED) is 0.474. The first-order valence-electron chi connectivity index (χ1n) is 10.3. The molecule has 3 rings (SSSR count). The van der Waals surface area contributed by atoms with Crippen LogP contribution in [0.5, 0.6) is 0 Å². The zero-order valence-electron chi connectivity index (χ0n) is 18.2. The van der Waals surface area contributed by atoms with Gasteiger partial charge in [0.1, 0.15) is 11.6 Å². The molecule has 0 aromatic heterocycles. The summed E-state index contributed by atoms with van der Waals surface area (Å²) in [4.78, 5) is 15.0. The van der Waals surface area contributed by atoms with Crippen molar-refractivity contribution in [2.45, 2.75) is 52.0 Å². The number of aryl methyl sites for hydroxylation is 1. The van der Waals surface area contributed by atoms with Crippen LogP contribution in [0.1, 0.15) is 56.7 Å². The molecule has 0 bridgehead atoms. The van der Waals surface area contributed by atoms with Crippen molar-refractivity contribution in [3.8, 4) is 6.07 Å². The molecule has 1 amide bonds. The lowest BCUT2D eigenvalue weighted by molar-refractivity contribution is -0.112. The minimum atomic E-state index is -0.432. The lowest BCUT2D eigenvalue weighted by Gasteiger charge is -2.45. The zero-order chi connectivity index (χ0) is 22.1. The number of rotatable bonds is 4. The summed E-state index contributed by atoms with van der Waals surface area (Å²) in [6.07, 6.45) is 3.39. The zero-order valence-corrected chi connectivity index (χ0v) is 19.0. The molecule has 1 aliphatic heterocycles. The van der Waals surface area contributed by atoms with Gasteiger partial charge in [-0.1, -0.05) is 43.6 Å². The molecule has 2 aromatic rings. The third-order valence-corrected chi connectivity index (χ3v) is 6.39. The molecular weight excluding hydrogens is 394 g/mol. The van der Waals surface area contributed by atoms with Crippen molar-refractivity contribution >= 4 is 35.0 Å².